The summed E-state index contributed by atoms with van der Waals surface area (Å²) in [5.74, 6) is -0.527. The lowest BCUT2D eigenvalue weighted by atomic mass is 10.2. The first-order valence-corrected chi connectivity index (χ1v) is 9.48. The van der Waals surface area contributed by atoms with E-state index in [1.54, 1.807) is 0 Å². The van der Waals surface area contributed by atoms with Crippen molar-refractivity contribution in [2.75, 3.05) is 0 Å². The van der Waals surface area contributed by atoms with E-state index in [-0.39, 0.29) is 23.8 Å². The van der Waals surface area contributed by atoms with Crippen LogP contribution in [0.15, 0.2) is 0 Å². The molecule has 17 heavy (non-hydrogen) atoms. The fourth-order valence-electron chi connectivity index (χ4n) is 2.34. The van der Waals surface area contributed by atoms with Crippen molar-refractivity contribution < 1.29 is 14.3 Å². The van der Waals surface area contributed by atoms with Gasteiger partial charge in [-0.2, -0.15) is 0 Å². The molecular formula is C12H23ClO3Si. The van der Waals surface area contributed by atoms with Gasteiger partial charge >= 0.3 is 5.97 Å². The summed E-state index contributed by atoms with van der Waals surface area (Å²) >= 11 is 6.03. The number of aliphatic carboxylic acids is 1. The van der Waals surface area contributed by atoms with E-state index in [2.05, 4.69) is 20.8 Å². The molecule has 1 fully saturated rings. The van der Waals surface area contributed by atoms with Crippen LogP contribution < -0.4 is 0 Å². The average Bonchev–Trinajstić information content (AvgIpc) is 3.02. The lowest BCUT2D eigenvalue weighted by Gasteiger charge is -2.33. The van der Waals surface area contributed by atoms with E-state index in [1.807, 2.05) is 0 Å². The number of rotatable bonds is 8. The van der Waals surface area contributed by atoms with Gasteiger partial charge in [0.05, 0.1) is 12.5 Å². The molecule has 0 radical (unpaired) electrons. The first-order chi connectivity index (χ1) is 7.98. The molecule has 1 aliphatic rings. The van der Waals surface area contributed by atoms with Gasteiger partial charge in [0.25, 0.3) is 0 Å². The lowest BCUT2D eigenvalue weighted by molar-refractivity contribution is -0.139. The molecule has 0 aliphatic heterocycles. The zero-order valence-corrected chi connectivity index (χ0v) is 12.7. The van der Waals surface area contributed by atoms with Crippen LogP contribution in [0.1, 0.15) is 33.6 Å². The Morgan fingerprint density at radius 3 is 2.18 bits per heavy atom. The SMILES string of the molecule is CC[Si](CC)(CC)OC(CC(=O)O)C1C[C@H]1Cl. The highest BCUT2D eigenvalue weighted by Crippen LogP contribution is 2.43. The van der Waals surface area contributed by atoms with E-state index in [1.165, 1.54) is 0 Å². The van der Waals surface area contributed by atoms with E-state index in [9.17, 15) is 4.79 Å². The minimum absolute atomic E-state index is 0.0998. The predicted molar refractivity (Wildman–Crippen MR) is 72.1 cm³/mol. The summed E-state index contributed by atoms with van der Waals surface area (Å²) < 4.78 is 6.26. The Bertz CT molecular complexity index is 260. The van der Waals surface area contributed by atoms with Crippen LogP contribution in [0, 0.1) is 5.92 Å². The summed E-state index contributed by atoms with van der Waals surface area (Å²) in [6.45, 7) is 6.46. The molecule has 0 heterocycles. The van der Waals surface area contributed by atoms with Crippen molar-refractivity contribution in [1.82, 2.24) is 0 Å². The molecule has 3 nitrogen and oxygen atoms in total. The standard InChI is InChI=1S/C12H23ClO3Si/c1-4-17(5-2,6-3)16-11(8-12(14)15)9-7-10(9)13/h9-11H,4-8H2,1-3H3,(H,14,15)/t9?,10-,11?/m1/s1. The average molecular weight is 279 g/mol. The van der Waals surface area contributed by atoms with Gasteiger partial charge in [0.15, 0.2) is 8.32 Å². The van der Waals surface area contributed by atoms with Gasteiger partial charge < -0.3 is 9.53 Å². The third kappa shape index (κ3) is 3.97. The maximum absolute atomic E-state index is 10.9. The predicted octanol–water partition coefficient (Wildman–Crippen LogP) is 3.48. The highest BCUT2D eigenvalue weighted by atomic mass is 35.5. The van der Waals surface area contributed by atoms with Gasteiger partial charge in [-0.3, -0.25) is 4.79 Å². The van der Waals surface area contributed by atoms with Crippen molar-refractivity contribution >= 4 is 25.9 Å². The quantitative estimate of drug-likeness (QED) is 0.546. The molecule has 5 heteroatoms. The second-order valence-corrected chi connectivity index (χ2v) is 10.2. The Morgan fingerprint density at radius 2 is 1.88 bits per heavy atom. The zero-order chi connectivity index (χ0) is 13.1. The highest BCUT2D eigenvalue weighted by Gasteiger charge is 2.46. The number of hydrogen-bond donors (Lipinski definition) is 1. The van der Waals surface area contributed by atoms with Gasteiger partial charge in [-0.15, -0.1) is 11.6 Å². The number of carbonyl (C=O) groups is 1. The number of alkyl halides is 1. The van der Waals surface area contributed by atoms with Crippen LogP contribution in [-0.2, 0) is 9.22 Å². The number of hydrogen-bond acceptors (Lipinski definition) is 2. The number of carboxylic acids is 1. The monoisotopic (exact) mass is 278 g/mol. The molecule has 0 aromatic rings. The topological polar surface area (TPSA) is 46.5 Å². The van der Waals surface area contributed by atoms with E-state index >= 15 is 0 Å². The van der Waals surface area contributed by atoms with E-state index < -0.39 is 14.3 Å². The fourth-order valence-corrected chi connectivity index (χ4v) is 5.61. The third-order valence-corrected chi connectivity index (χ3v) is 9.12. The molecule has 0 bridgehead atoms. The Kier molecular flexibility index (Phi) is 5.47. The van der Waals surface area contributed by atoms with Crippen molar-refractivity contribution in [3.05, 3.63) is 0 Å². The van der Waals surface area contributed by atoms with Gasteiger partial charge in [0, 0.05) is 11.3 Å². The molecular weight excluding hydrogens is 256 g/mol. The summed E-state index contributed by atoms with van der Waals surface area (Å²) in [5, 5.41) is 9.08. The van der Waals surface area contributed by atoms with Crippen LogP contribution in [0.25, 0.3) is 0 Å². The van der Waals surface area contributed by atoms with Crippen LogP contribution in [-0.4, -0.2) is 30.9 Å². The van der Waals surface area contributed by atoms with Gasteiger partial charge in [-0.1, -0.05) is 20.8 Å². The van der Waals surface area contributed by atoms with Gasteiger partial charge in [0.2, 0.25) is 0 Å². The second-order valence-electron chi connectivity index (χ2n) is 4.91. The minimum atomic E-state index is -1.72. The zero-order valence-electron chi connectivity index (χ0n) is 10.9. The minimum Gasteiger partial charge on any atom is -0.481 e. The van der Waals surface area contributed by atoms with Crippen LogP contribution in [0.4, 0.5) is 0 Å². The molecule has 0 spiro atoms. The maximum Gasteiger partial charge on any atom is 0.305 e. The normalized spacial score (nSPS) is 25.6. The molecule has 1 N–H and O–H groups in total. The Hall–Kier alpha value is -0.0631. The molecule has 2 unspecified atom stereocenters. The Balaban J connectivity index is 2.67. The Labute approximate surface area is 110 Å². The molecule has 0 aromatic carbocycles. The van der Waals surface area contributed by atoms with Crippen LogP contribution in [0.2, 0.25) is 18.1 Å². The summed E-state index contributed by atoms with van der Waals surface area (Å²) in [5.41, 5.74) is 0. The first kappa shape index (κ1) is 15.0. The number of carboxylic acid groups (broad SMARTS) is 1. The largest absolute Gasteiger partial charge is 0.481 e. The van der Waals surface area contributed by atoms with Gasteiger partial charge in [-0.25, -0.2) is 0 Å². The van der Waals surface area contributed by atoms with E-state index in [4.69, 9.17) is 21.1 Å². The van der Waals surface area contributed by atoms with Crippen LogP contribution >= 0.6 is 11.6 Å². The van der Waals surface area contributed by atoms with Crippen molar-refractivity contribution in [3.63, 3.8) is 0 Å². The molecule has 1 saturated carbocycles. The maximum atomic E-state index is 10.9. The Morgan fingerprint density at radius 1 is 1.41 bits per heavy atom. The molecule has 0 amide bonds. The van der Waals surface area contributed by atoms with Gasteiger partial charge in [0.1, 0.15) is 0 Å². The smallest absolute Gasteiger partial charge is 0.305 e. The summed E-state index contributed by atoms with van der Waals surface area (Å²) in [6, 6.07) is 3.15. The first-order valence-electron chi connectivity index (χ1n) is 6.51. The van der Waals surface area contributed by atoms with Crippen molar-refractivity contribution in [1.29, 1.82) is 0 Å². The van der Waals surface area contributed by atoms with Gasteiger partial charge in [-0.05, 0) is 24.6 Å². The summed E-state index contributed by atoms with van der Waals surface area (Å²) in [7, 11) is -1.72. The third-order valence-electron chi connectivity index (χ3n) is 3.95. The highest BCUT2D eigenvalue weighted by molar-refractivity contribution is 6.73. The van der Waals surface area contributed by atoms with Crippen LogP contribution in [0.5, 0.6) is 0 Å². The van der Waals surface area contributed by atoms with E-state index in [0.29, 0.717) is 0 Å². The molecule has 3 atom stereocenters. The molecule has 1 aliphatic carbocycles. The van der Waals surface area contributed by atoms with Crippen molar-refractivity contribution in [3.8, 4) is 0 Å². The lowest BCUT2D eigenvalue weighted by Crippen LogP contribution is -2.41. The molecule has 0 saturated heterocycles. The molecule has 100 valence electrons. The van der Waals surface area contributed by atoms with Crippen molar-refractivity contribution in [2.45, 2.75) is 63.2 Å². The molecule has 1 rings (SSSR count). The molecule has 0 aromatic heterocycles. The van der Waals surface area contributed by atoms with Crippen LogP contribution in [0.3, 0.4) is 0 Å². The number of halogens is 1. The fraction of sp³-hybridized carbons (Fsp3) is 0.917. The van der Waals surface area contributed by atoms with Crippen molar-refractivity contribution in [2.24, 2.45) is 5.92 Å². The summed E-state index contributed by atoms with van der Waals surface area (Å²) in [4.78, 5) is 10.9. The van der Waals surface area contributed by atoms with E-state index in [0.717, 1.165) is 24.6 Å². The second kappa shape index (κ2) is 6.21. The summed E-state index contributed by atoms with van der Waals surface area (Å²) in [6.07, 6.45) is 0.838.